The number of allylic oxidation sites excluding steroid dienone is 3. The Hall–Kier alpha value is -3.34. The lowest BCUT2D eigenvalue weighted by atomic mass is 10.1. The van der Waals surface area contributed by atoms with Gasteiger partial charge in [0.15, 0.2) is 0 Å². The van der Waals surface area contributed by atoms with Gasteiger partial charge < -0.3 is 14.8 Å². The number of rotatable bonds is 6. The third kappa shape index (κ3) is 4.85. The highest BCUT2D eigenvalue weighted by atomic mass is 16.5. The van der Waals surface area contributed by atoms with Crippen LogP contribution in [0.15, 0.2) is 83.8 Å². The summed E-state index contributed by atoms with van der Waals surface area (Å²) in [6, 6.07) is 18.2. The van der Waals surface area contributed by atoms with Gasteiger partial charge in [-0.3, -0.25) is 4.79 Å². The predicted octanol–water partition coefficient (Wildman–Crippen LogP) is 3.99. The van der Waals surface area contributed by atoms with Crippen molar-refractivity contribution in [2.45, 2.75) is 19.3 Å². The smallest absolute Gasteiger partial charge is 0.354 e. The van der Waals surface area contributed by atoms with Gasteiger partial charge in [-0.25, -0.2) is 4.79 Å². The molecule has 1 aliphatic rings. The minimum atomic E-state index is -0.599. The van der Waals surface area contributed by atoms with Crippen LogP contribution in [0.4, 0.5) is 0 Å². The molecule has 0 fully saturated rings. The number of hydrogen-bond donors (Lipinski definition) is 1. The van der Waals surface area contributed by atoms with Crippen LogP contribution in [0.1, 0.15) is 29.6 Å². The van der Waals surface area contributed by atoms with Gasteiger partial charge in [0.1, 0.15) is 17.2 Å². The standard InChI is InChI=1S/C22H21NO4/c1-26-22(25)19(23-21(24)16-9-4-2-5-10-16)15-17-11-8-14-20(17)27-18-12-6-3-7-13-18/h2-7,9-10,12-13,15H,8,11,14H2,1H3,(H,23,24). The number of para-hydroxylation sites is 1. The molecule has 0 aliphatic heterocycles. The van der Waals surface area contributed by atoms with Gasteiger partial charge in [0.25, 0.3) is 5.91 Å². The monoisotopic (exact) mass is 363 g/mol. The molecule has 0 heterocycles. The van der Waals surface area contributed by atoms with E-state index in [0.717, 1.165) is 36.3 Å². The second-order valence-electron chi connectivity index (χ2n) is 6.09. The number of benzene rings is 2. The van der Waals surface area contributed by atoms with E-state index in [0.29, 0.717) is 5.56 Å². The quantitative estimate of drug-likeness (QED) is 0.623. The van der Waals surface area contributed by atoms with Crippen molar-refractivity contribution < 1.29 is 19.1 Å². The van der Waals surface area contributed by atoms with Crippen LogP contribution in [0.2, 0.25) is 0 Å². The van der Waals surface area contributed by atoms with E-state index in [9.17, 15) is 9.59 Å². The summed E-state index contributed by atoms with van der Waals surface area (Å²) in [6.07, 6.45) is 4.12. The van der Waals surface area contributed by atoms with E-state index in [1.54, 1.807) is 30.3 Å². The molecule has 3 rings (SSSR count). The van der Waals surface area contributed by atoms with Gasteiger partial charge in [0.05, 0.1) is 7.11 Å². The SMILES string of the molecule is COC(=O)C(=CC1=C(Oc2ccccc2)CCC1)NC(=O)c1ccccc1. The van der Waals surface area contributed by atoms with Gasteiger partial charge in [0, 0.05) is 12.0 Å². The average molecular weight is 363 g/mol. The Morgan fingerprint density at radius 3 is 2.30 bits per heavy atom. The number of amides is 1. The first-order valence-electron chi connectivity index (χ1n) is 8.78. The van der Waals surface area contributed by atoms with Crippen LogP contribution in [0, 0.1) is 0 Å². The fraction of sp³-hybridized carbons (Fsp3) is 0.182. The summed E-state index contributed by atoms with van der Waals surface area (Å²) in [6.45, 7) is 0. The number of esters is 1. The number of nitrogens with one attached hydrogen (secondary N) is 1. The molecular weight excluding hydrogens is 342 g/mol. The van der Waals surface area contributed by atoms with Crippen molar-refractivity contribution in [3.8, 4) is 5.75 Å². The summed E-state index contributed by atoms with van der Waals surface area (Å²) >= 11 is 0. The first-order valence-corrected chi connectivity index (χ1v) is 8.78. The molecule has 5 nitrogen and oxygen atoms in total. The summed E-state index contributed by atoms with van der Waals surface area (Å²) in [5.41, 5.74) is 1.44. The van der Waals surface area contributed by atoms with E-state index in [-0.39, 0.29) is 11.6 Å². The van der Waals surface area contributed by atoms with E-state index in [2.05, 4.69) is 5.32 Å². The molecule has 1 amide bonds. The molecule has 0 atom stereocenters. The lowest BCUT2D eigenvalue weighted by Crippen LogP contribution is -2.28. The Bertz CT molecular complexity index is 870. The molecular formula is C22H21NO4. The first-order chi connectivity index (χ1) is 13.2. The number of ether oxygens (including phenoxy) is 2. The highest BCUT2D eigenvalue weighted by molar-refractivity contribution is 6.01. The fourth-order valence-electron chi connectivity index (χ4n) is 2.85. The predicted molar refractivity (Wildman–Crippen MR) is 102 cm³/mol. The summed E-state index contributed by atoms with van der Waals surface area (Å²) in [4.78, 5) is 24.6. The van der Waals surface area contributed by atoms with Gasteiger partial charge in [-0.1, -0.05) is 36.4 Å². The van der Waals surface area contributed by atoms with Crippen LogP contribution >= 0.6 is 0 Å². The molecule has 0 radical (unpaired) electrons. The van der Waals surface area contributed by atoms with Crippen LogP contribution in [-0.4, -0.2) is 19.0 Å². The highest BCUT2D eigenvalue weighted by Gasteiger charge is 2.20. The third-order valence-corrected chi connectivity index (χ3v) is 4.20. The molecule has 2 aromatic carbocycles. The van der Waals surface area contributed by atoms with Crippen LogP contribution < -0.4 is 10.1 Å². The Kier molecular flexibility index (Phi) is 6.05. The van der Waals surface area contributed by atoms with E-state index < -0.39 is 5.97 Å². The van der Waals surface area contributed by atoms with Gasteiger partial charge in [-0.2, -0.15) is 0 Å². The Morgan fingerprint density at radius 2 is 1.63 bits per heavy atom. The molecule has 0 unspecified atom stereocenters. The molecule has 1 N–H and O–H groups in total. The summed E-state index contributed by atoms with van der Waals surface area (Å²) < 4.78 is 10.8. The zero-order valence-electron chi connectivity index (χ0n) is 15.1. The Balaban J connectivity index is 1.85. The summed E-state index contributed by atoms with van der Waals surface area (Å²) in [5.74, 6) is 0.582. The lowest BCUT2D eigenvalue weighted by molar-refractivity contribution is -0.136. The molecule has 1 aliphatic carbocycles. The highest BCUT2D eigenvalue weighted by Crippen LogP contribution is 2.30. The van der Waals surface area contributed by atoms with Gasteiger partial charge in [-0.15, -0.1) is 0 Å². The molecule has 0 spiro atoms. The van der Waals surface area contributed by atoms with Crippen LogP contribution in [0.3, 0.4) is 0 Å². The molecule has 5 heteroatoms. The van der Waals surface area contributed by atoms with Crippen LogP contribution in [0.5, 0.6) is 5.75 Å². The molecule has 0 aromatic heterocycles. The van der Waals surface area contributed by atoms with Crippen molar-refractivity contribution in [3.63, 3.8) is 0 Å². The maximum atomic E-state index is 12.4. The second-order valence-corrected chi connectivity index (χ2v) is 6.09. The topological polar surface area (TPSA) is 64.6 Å². The zero-order valence-corrected chi connectivity index (χ0v) is 15.1. The largest absolute Gasteiger partial charge is 0.464 e. The molecule has 0 bridgehead atoms. The fourth-order valence-corrected chi connectivity index (χ4v) is 2.85. The third-order valence-electron chi connectivity index (χ3n) is 4.20. The Labute approximate surface area is 158 Å². The maximum absolute atomic E-state index is 12.4. The minimum Gasteiger partial charge on any atom is -0.464 e. The van der Waals surface area contributed by atoms with Crippen molar-refractivity contribution in [2.24, 2.45) is 0 Å². The maximum Gasteiger partial charge on any atom is 0.354 e. The molecule has 0 saturated carbocycles. The Morgan fingerprint density at radius 1 is 0.963 bits per heavy atom. The number of methoxy groups -OCH3 is 1. The van der Waals surface area contributed by atoms with E-state index in [1.807, 2.05) is 36.4 Å². The van der Waals surface area contributed by atoms with Crippen LogP contribution in [0.25, 0.3) is 0 Å². The summed E-state index contributed by atoms with van der Waals surface area (Å²) in [7, 11) is 1.29. The van der Waals surface area contributed by atoms with Crippen molar-refractivity contribution >= 4 is 11.9 Å². The molecule has 138 valence electrons. The van der Waals surface area contributed by atoms with E-state index in [1.165, 1.54) is 7.11 Å². The number of carbonyl (C=O) groups is 2. The summed E-state index contributed by atoms with van der Waals surface area (Å²) in [5, 5.41) is 2.65. The van der Waals surface area contributed by atoms with Gasteiger partial charge >= 0.3 is 5.97 Å². The first kappa shape index (κ1) is 18.5. The normalized spacial score (nSPS) is 14.0. The van der Waals surface area contributed by atoms with Crippen molar-refractivity contribution in [2.75, 3.05) is 7.11 Å². The molecule has 2 aromatic rings. The molecule has 0 saturated heterocycles. The zero-order chi connectivity index (χ0) is 19.1. The van der Waals surface area contributed by atoms with Gasteiger partial charge in [0.2, 0.25) is 0 Å². The second kappa shape index (κ2) is 8.85. The van der Waals surface area contributed by atoms with Crippen LogP contribution in [-0.2, 0) is 9.53 Å². The number of hydrogen-bond acceptors (Lipinski definition) is 4. The van der Waals surface area contributed by atoms with E-state index >= 15 is 0 Å². The molecule has 27 heavy (non-hydrogen) atoms. The average Bonchev–Trinajstić information content (AvgIpc) is 3.14. The van der Waals surface area contributed by atoms with E-state index in [4.69, 9.17) is 9.47 Å². The minimum absolute atomic E-state index is 0.0948. The number of carbonyl (C=O) groups excluding carboxylic acids is 2. The lowest BCUT2D eigenvalue weighted by Gasteiger charge is -2.11. The van der Waals surface area contributed by atoms with Gasteiger partial charge in [-0.05, 0) is 48.8 Å². The van der Waals surface area contributed by atoms with Crippen molar-refractivity contribution in [1.29, 1.82) is 0 Å². The van der Waals surface area contributed by atoms with Crippen molar-refractivity contribution in [3.05, 3.63) is 89.3 Å². The van der Waals surface area contributed by atoms with Crippen molar-refractivity contribution in [1.82, 2.24) is 5.32 Å².